The van der Waals surface area contributed by atoms with E-state index < -0.39 is 17.8 Å². The molecule has 0 saturated carbocycles. The number of nitrogens with zero attached hydrogens (tertiary/aromatic N) is 1. The highest BCUT2D eigenvalue weighted by Gasteiger charge is 2.37. The molecule has 170 valence electrons. The smallest absolute Gasteiger partial charge is 0.335 e. The largest absolute Gasteiger partial charge is 0.488 e. The molecule has 0 radical (unpaired) electrons. The predicted molar refractivity (Wildman–Crippen MR) is 131 cm³/mol. The van der Waals surface area contributed by atoms with Crippen LogP contribution in [0.25, 0.3) is 6.08 Å². The lowest BCUT2D eigenvalue weighted by molar-refractivity contribution is -0.122. The summed E-state index contributed by atoms with van der Waals surface area (Å²) < 4.78 is 17.3. The number of barbiturate groups is 1. The first kappa shape index (κ1) is 22.0. The van der Waals surface area contributed by atoms with Gasteiger partial charge in [0.25, 0.3) is 11.8 Å². The van der Waals surface area contributed by atoms with Crippen LogP contribution < -0.4 is 24.4 Å². The van der Waals surface area contributed by atoms with Crippen molar-refractivity contribution >= 4 is 52.2 Å². The van der Waals surface area contributed by atoms with Crippen molar-refractivity contribution in [2.45, 2.75) is 6.61 Å². The van der Waals surface area contributed by atoms with Crippen LogP contribution in [-0.4, -0.2) is 24.6 Å². The number of urea groups is 1. The van der Waals surface area contributed by atoms with Gasteiger partial charge in [-0.2, -0.15) is 0 Å². The fourth-order valence-electron chi connectivity index (χ4n) is 3.54. The average Bonchev–Trinajstić information content (AvgIpc) is 3.30. The lowest BCUT2D eigenvalue weighted by Gasteiger charge is -2.26. The van der Waals surface area contributed by atoms with Gasteiger partial charge in [-0.25, -0.2) is 9.69 Å². The second-order valence-electron chi connectivity index (χ2n) is 7.46. The van der Waals surface area contributed by atoms with Crippen molar-refractivity contribution in [2.24, 2.45) is 0 Å². The molecule has 1 N–H and O–H groups in total. The van der Waals surface area contributed by atoms with E-state index in [9.17, 15) is 14.4 Å². The molecule has 34 heavy (non-hydrogen) atoms. The van der Waals surface area contributed by atoms with Crippen molar-refractivity contribution in [3.05, 3.63) is 87.0 Å². The summed E-state index contributed by atoms with van der Waals surface area (Å²) in [5, 5.41) is 2.22. The van der Waals surface area contributed by atoms with Gasteiger partial charge in [0, 0.05) is 6.07 Å². The third-order valence-electron chi connectivity index (χ3n) is 5.22. The Labute approximate surface area is 208 Å². The summed E-state index contributed by atoms with van der Waals surface area (Å²) in [6.45, 7) is 0.483. The molecule has 2 heterocycles. The third kappa shape index (κ3) is 4.34. The summed E-state index contributed by atoms with van der Waals surface area (Å²) in [7, 11) is 0. The summed E-state index contributed by atoms with van der Waals surface area (Å²) in [5.74, 6) is 0.132. The number of amides is 4. The minimum Gasteiger partial charge on any atom is -0.488 e. The first-order valence-electron chi connectivity index (χ1n) is 10.3. The second kappa shape index (κ2) is 9.18. The fourth-order valence-corrected chi connectivity index (χ4v) is 4.24. The lowest BCUT2D eigenvalue weighted by Crippen LogP contribution is -2.54. The van der Waals surface area contributed by atoms with Gasteiger partial charge < -0.3 is 14.2 Å². The summed E-state index contributed by atoms with van der Waals surface area (Å²) >= 11 is 2.14. The number of carbonyl (C=O) groups excluding carboxylic acids is 3. The van der Waals surface area contributed by atoms with Gasteiger partial charge in [-0.15, -0.1) is 0 Å². The monoisotopic (exact) mass is 568 g/mol. The molecule has 2 aliphatic rings. The molecule has 0 bridgehead atoms. The van der Waals surface area contributed by atoms with Crippen LogP contribution in [0.4, 0.5) is 10.5 Å². The van der Waals surface area contributed by atoms with Crippen molar-refractivity contribution in [1.82, 2.24) is 5.32 Å². The molecule has 3 aromatic rings. The maximum atomic E-state index is 13.1. The quantitative estimate of drug-likeness (QED) is 0.281. The Morgan fingerprint density at radius 1 is 0.971 bits per heavy atom. The maximum absolute atomic E-state index is 13.1. The van der Waals surface area contributed by atoms with Gasteiger partial charge in [0.05, 0.1) is 9.26 Å². The fraction of sp³-hybridized carbons (Fsp3) is 0.0800. The Balaban J connectivity index is 1.38. The van der Waals surface area contributed by atoms with E-state index in [0.29, 0.717) is 29.4 Å². The summed E-state index contributed by atoms with van der Waals surface area (Å²) in [6, 6.07) is 19.0. The van der Waals surface area contributed by atoms with Crippen LogP contribution in [0, 0.1) is 3.57 Å². The van der Waals surface area contributed by atoms with Gasteiger partial charge in [-0.05, 0) is 64.1 Å². The van der Waals surface area contributed by atoms with Gasteiger partial charge in [-0.1, -0.05) is 36.4 Å². The number of nitrogens with one attached hydrogen (secondary N) is 1. The number of anilines is 1. The highest BCUT2D eigenvalue weighted by molar-refractivity contribution is 14.1. The molecule has 0 spiro atoms. The number of imide groups is 2. The highest BCUT2D eigenvalue weighted by Crippen LogP contribution is 2.36. The van der Waals surface area contributed by atoms with E-state index in [-0.39, 0.29) is 18.1 Å². The van der Waals surface area contributed by atoms with E-state index >= 15 is 0 Å². The van der Waals surface area contributed by atoms with Crippen LogP contribution in [0.2, 0.25) is 0 Å². The standard InChI is InChI=1S/C25H17IN2O6/c26-19-11-16(6-8-20(19)32-13-15-4-2-1-3-5-15)10-18-23(29)27-25(31)28(24(18)30)17-7-9-21-22(12-17)34-14-33-21/h1-12H,13-14H2,(H,27,29,31)/b18-10+. The number of halogens is 1. The molecule has 0 unspecified atom stereocenters. The molecular weight excluding hydrogens is 551 g/mol. The number of benzene rings is 3. The minimum atomic E-state index is -0.828. The normalized spacial score (nSPS) is 16.1. The molecule has 2 aliphatic heterocycles. The van der Waals surface area contributed by atoms with E-state index in [4.69, 9.17) is 14.2 Å². The average molecular weight is 568 g/mol. The van der Waals surface area contributed by atoms with Crippen molar-refractivity contribution in [3.63, 3.8) is 0 Å². The number of hydrogen-bond donors (Lipinski definition) is 1. The molecule has 0 aromatic heterocycles. The third-order valence-corrected chi connectivity index (χ3v) is 6.06. The first-order chi connectivity index (χ1) is 16.5. The Bertz CT molecular complexity index is 1340. The molecule has 5 rings (SSSR count). The summed E-state index contributed by atoms with van der Waals surface area (Å²) in [6.07, 6.45) is 1.45. The van der Waals surface area contributed by atoms with Crippen LogP contribution in [0.3, 0.4) is 0 Å². The van der Waals surface area contributed by atoms with E-state index in [2.05, 4.69) is 27.9 Å². The Hall–Kier alpha value is -3.86. The zero-order valence-electron chi connectivity index (χ0n) is 17.6. The van der Waals surface area contributed by atoms with Gasteiger partial charge in [0.2, 0.25) is 6.79 Å². The number of rotatable bonds is 5. The molecule has 8 nitrogen and oxygen atoms in total. The Kier molecular flexibility index (Phi) is 5.93. The van der Waals surface area contributed by atoms with Gasteiger partial charge in [-0.3, -0.25) is 14.9 Å². The second-order valence-corrected chi connectivity index (χ2v) is 8.62. The van der Waals surface area contributed by atoms with E-state index in [1.54, 1.807) is 30.3 Å². The van der Waals surface area contributed by atoms with Crippen LogP contribution >= 0.6 is 22.6 Å². The van der Waals surface area contributed by atoms with Crippen molar-refractivity contribution in [2.75, 3.05) is 11.7 Å². The van der Waals surface area contributed by atoms with E-state index in [0.717, 1.165) is 14.0 Å². The van der Waals surface area contributed by atoms with Crippen LogP contribution in [0.15, 0.2) is 72.3 Å². The van der Waals surface area contributed by atoms with Crippen LogP contribution in [-0.2, 0) is 16.2 Å². The number of ether oxygens (including phenoxy) is 3. The molecule has 3 aromatic carbocycles. The highest BCUT2D eigenvalue weighted by atomic mass is 127. The van der Waals surface area contributed by atoms with E-state index in [1.165, 1.54) is 12.1 Å². The van der Waals surface area contributed by atoms with Crippen molar-refractivity contribution in [3.8, 4) is 17.2 Å². The zero-order valence-corrected chi connectivity index (χ0v) is 19.8. The zero-order chi connectivity index (χ0) is 23.7. The topological polar surface area (TPSA) is 94.2 Å². The Morgan fingerprint density at radius 3 is 2.56 bits per heavy atom. The number of fused-ring (bicyclic) bond motifs is 1. The van der Waals surface area contributed by atoms with Crippen LogP contribution in [0.1, 0.15) is 11.1 Å². The maximum Gasteiger partial charge on any atom is 0.335 e. The molecule has 9 heteroatoms. The SMILES string of the molecule is O=C1NC(=O)N(c2ccc3c(c2)OCO3)C(=O)/C1=C/c1ccc(OCc2ccccc2)c(I)c1. The van der Waals surface area contributed by atoms with Crippen molar-refractivity contribution < 1.29 is 28.6 Å². The molecular formula is C25H17IN2O6. The molecule has 4 amide bonds. The van der Waals surface area contributed by atoms with Crippen molar-refractivity contribution in [1.29, 1.82) is 0 Å². The van der Waals surface area contributed by atoms with Gasteiger partial charge in [0.1, 0.15) is 17.9 Å². The molecule has 1 fully saturated rings. The lowest BCUT2D eigenvalue weighted by atomic mass is 10.1. The molecule has 1 saturated heterocycles. The first-order valence-corrected chi connectivity index (χ1v) is 11.3. The number of carbonyl (C=O) groups is 3. The number of hydrogen-bond acceptors (Lipinski definition) is 6. The van der Waals surface area contributed by atoms with Crippen LogP contribution in [0.5, 0.6) is 17.2 Å². The van der Waals surface area contributed by atoms with Gasteiger partial charge in [0.15, 0.2) is 11.5 Å². The summed E-state index contributed by atoms with van der Waals surface area (Å²) in [4.78, 5) is 39.0. The molecule has 0 atom stereocenters. The summed E-state index contributed by atoms with van der Waals surface area (Å²) in [5.41, 5.74) is 1.77. The Morgan fingerprint density at radius 2 is 1.76 bits per heavy atom. The van der Waals surface area contributed by atoms with Gasteiger partial charge >= 0.3 is 6.03 Å². The minimum absolute atomic E-state index is 0.0618. The van der Waals surface area contributed by atoms with E-state index in [1.807, 2.05) is 30.3 Å². The molecule has 0 aliphatic carbocycles. The predicted octanol–water partition coefficient (Wildman–Crippen LogP) is 4.27.